The van der Waals surface area contributed by atoms with Crippen LogP contribution in [0.25, 0.3) is 0 Å². The predicted octanol–water partition coefficient (Wildman–Crippen LogP) is 2.12. The van der Waals surface area contributed by atoms with Gasteiger partial charge in [0.25, 0.3) is 0 Å². The fourth-order valence-corrected chi connectivity index (χ4v) is 2.40. The molecule has 0 atom stereocenters. The van der Waals surface area contributed by atoms with Crippen molar-refractivity contribution < 1.29 is 14.2 Å². The molecular formula is C12H16BrFN2O2. The summed E-state index contributed by atoms with van der Waals surface area (Å²) in [5.41, 5.74) is 6.32. The number of hydrogen-bond donors (Lipinski definition) is 3. The van der Waals surface area contributed by atoms with Crippen LogP contribution in [0.1, 0.15) is 12.8 Å². The van der Waals surface area contributed by atoms with Crippen LogP contribution >= 0.6 is 15.9 Å². The number of rotatable bonds is 3. The molecule has 6 heteroatoms. The van der Waals surface area contributed by atoms with E-state index in [4.69, 9.17) is 10.5 Å². The number of halogens is 2. The van der Waals surface area contributed by atoms with Crippen LogP contribution in [0.4, 0.5) is 15.8 Å². The standard InChI is InChI=1S/C12H16BrFN2O2/c13-8-5-10(15)11(6-9(8)14)16-12(7-17)1-3-18-4-2-12/h5-6,16-17H,1-4,7,15H2. The molecule has 2 rings (SSSR count). The molecule has 18 heavy (non-hydrogen) atoms. The second kappa shape index (κ2) is 5.42. The predicted molar refractivity (Wildman–Crippen MR) is 72.0 cm³/mol. The van der Waals surface area contributed by atoms with Crippen molar-refractivity contribution in [1.82, 2.24) is 0 Å². The second-order valence-corrected chi connectivity index (χ2v) is 5.38. The Morgan fingerprint density at radius 1 is 1.44 bits per heavy atom. The van der Waals surface area contributed by atoms with Gasteiger partial charge in [0.2, 0.25) is 0 Å². The van der Waals surface area contributed by atoms with Crippen molar-refractivity contribution in [2.45, 2.75) is 18.4 Å². The van der Waals surface area contributed by atoms with E-state index in [-0.39, 0.29) is 12.4 Å². The minimum atomic E-state index is -0.480. The first-order valence-electron chi connectivity index (χ1n) is 5.78. The average Bonchev–Trinajstić information content (AvgIpc) is 2.37. The highest BCUT2D eigenvalue weighted by Crippen LogP contribution is 2.31. The van der Waals surface area contributed by atoms with E-state index in [9.17, 15) is 9.50 Å². The van der Waals surface area contributed by atoms with Crippen LogP contribution in [0.5, 0.6) is 0 Å². The van der Waals surface area contributed by atoms with Crippen molar-refractivity contribution in [2.75, 3.05) is 30.9 Å². The smallest absolute Gasteiger partial charge is 0.139 e. The maximum Gasteiger partial charge on any atom is 0.139 e. The molecule has 0 aromatic heterocycles. The van der Waals surface area contributed by atoms with Gasteiger partial charge in [-0.2, -0.15) is 0 Å². The van der Waals surface area contributed by atoms with Gasteiger partial charge in [-0.1, -0.05) is 0 Å². The zero-order valence-electron chi connectivity index (χ0n) is 9.88. The fraction of sp³-hybridized carbons (Fsp3) is 0.500. The molecule has 1 fully saturated rings. The SMILES string of the molecule is Nc1cc(Br)c(F)cc1NC1(CO)CCOCC1. The molecule has 0 bridgehead atoms. The van der Waals surface area contributed by atoms with Gasteiger partial charge in [0, 0.05) is 19.3 Å². The topological polar surface area (TPSA) is 67.5 Å². The summed E-state index contributed by atoms with van der Waals surface area (Å²) in [6.45, 7) is 1.12. The molecule has 100 valence electrons. The molecule has 0 spiro atoms. The van der Waals surface area contributed by atoms with Gasteiger partial charge in [0.1, 0.15) is 5.82 Å². The van der Waals surface area contributed by atoms with Crippen LogP contribution < -0.4 is 11.1 Å². The summed E-state index contributed by atoms with van der Waals surface area (Å²) in [7, 11) is 0. The van der Waals surface area contributed by atoms with E-state index in [2.05, 4.69) is 21.2 Å². The van der Waals surface area contributed by atoms with Crippen LogP contribution in [-0.4, -0.2) is 30.5 Å². The lowest BCUT2D eigenvalue weighted by atomic mass is 9.90. The number of aliphatic hydroxyl groups is 1. The van der Waals surface area contributed by atoms with E-state index in [1.54, 1.807) is 0 Å². The minimum absolute atomic E-state index is 0.0342. The summed E-state index contributed by atoms with van der Waals surface area (Å²) in [4.78, 5) is 0. The van der Waals surface area contributed by atoms with Gasteiger partial charge in [-0.15, -0.1) is 0 Å². The first-order valence-corrected chi connectivity index (χ1v) is 6.57. The molecule has 0 aliphatic carbocycles. The van der Waals surface area contributed by atoms with E-state index in [0.29, 0.717) is 41.9 Å². The molecule has 1 heterocycles. The zero-order chi connectivity index (χ0) is 13.2. The van der Waals surface area contributed by atoms with Gasteiger partial charge >= 0.3 is 0 Å². The third-order valence-electron chi connectivity index (χ3n) is 3.24. The van der Waals surface area contributed by atoms with Crippen molar-refractivity contribution in [3.8, 4) is 0 Å². The molecule has 4 N–H and O–H groups in total. The second-order valence-electron chi connectivity index (χ2n) is 4.53. The maximum atomic E-state index is 13.5. The van der Waals surface area contributed by atoms with Crippen molar-refractivity contribution in [3.63, 3.8) is 0 Å². The summed E-state index contributed by atoms with van der Waals surface area (Å²) in [6.07, 6.45) is 1.33. The maximum absolute atomic E-state index is 13.5. The highest BCUT2D eigenvalue weighted by Gasteiger charge is 2.32. The Morgan fingerprint density at radius 2 is 2.11 bits per heavy atom. The molecule has 0 amide bonds. The van der Waals surface area contributed by atoms with Crippen molar-refractivity contribution in [1.29, 1.82) is 0 Å². The van der Waals surface area contributed by atoms with Gasteiger partial charge in [-0.3, -0.25) is 0 Å². The Bertz CT molecular complexity index is 436. The number of benzene rings is 1. The lowest BCUT2D eigenvalue weighted by Crippen LogP contribution is -2.47. The quantitative estimate of drug-likeness (QED) is 0.747. The molecule has 0 radical (unpaired) electrons. The molecule has 1 saturated heterocycles. The molecule has 0 saturated carbocycles. The van der Waals surface area contributed by atoms with Gasteiger partial charge in [0.15, 0.2) is 0 Å². The molecular weight excluding hydrogens is 303 g/mol. The van der Waals surface area contributed by atoms with E-state index in [1.807, 2.05) is 0 Å². The number of hydrogen-bond acceptors (Lipinski definition) is 4. The van der Waals surface area contributed by atoms with Crippen LogP contribution in [0.15, 0.2) is 16.6 Å². The van der Waals surface area contributed by atoms with Crippen LogP contribution in [0, 0.1) is 5.82 Å². The van der Waals surface area contributed by atoms with E-state index in [1.165, 1.54) is 12.1 Å². The number of nitrogen functional groups attached to an aromatic ring is 1. The number of ether oxygens (including phenoxy) is 1. The lowest BCUT2D eigenvalue weighted by Gasteiger charge is -2.37. The average molecular weight is 319 g/mol. The van der Waals surface area contributed by atoms with Gasteiger partial charge in [-0.25, -0.2) is 4.39 Å². The summed E-state index contributed by atoms with van der Waals surface area (Å²) in [5.74, 6) is -0.383. The van der Waals surface area contributed by atoms with Crippen molar-refractivity contribution >= 4 is 27.3 Å². The summed E-state index contributed by atoms with van der Waals surface area (Å²) in [5, 5.41) is 12.7. The third kappa shape index (κ3) is 2.76. The van der Waals surface area contributed by atoms with Crippen LogP contribution in [0.3, 0.4) is 0 Å². The third-order valence-corrected chi connectivity index (χ3v) is 3.85. The highest BCUT2D eigenvalue weighted by molar-refractivity contribution is 9.10. The zero-order valence-corrected chi connectivity index (χ0v) is 11.5. The molecule has 1 aliphatic rings. The molecule has 1 aromatic rings. The van der Waals surface area contributed by atoms with Crippen molar-refractivity contribution in [2.24, 2.45) is 0 Å². The fourth-order valence-electron chi connectivity index (χ4n) is 2.04. The van der Waals surface area contributed by atoms with Gasteiger partial charge in [0.05, 0.1) is 28.0 Å². The first kappa shape index (κ1) is 13.6. The molecule has 4 nitrogen and oxygen atoms in total. The number of nitrogens with one attached hydrogen (secondary N) is 1. The van der Waals surface area contributed by atoms with Crippen LogP contribution in [0.2, 0.25) is 0 Å². The molecule has 0 unspecified atom stereocenters. The number of anilines is 2. The van der Waals surface area contributed by atoms with Gasteiger partial charge in [-0.05, 0) is 34.8 Å². The van der Waals surface area contributed by atoms with Crippen molar-refractivity contribution in [3.05, 3.63) is 22.4 Å². The Hall–Kier alpha value is -0.850. The molecule has 1 aliphatic heterocycles. The van der Waals surface area contributed by atoms with E-state index in [0.717, 1.165) is 0 Å². The molecule has 1 aromatic carbocycles. The summed E-state index contributed by atoms with van der Waals surface area (Å²) < 4.78 is 19.1. The highest BCUT2D eigenvalue weighted by atomic mass is 79.9. The Balaban J connectivity index is 2.24. The van der Waals surface area contributed by atoms with Crippen LogP contribution in [-0.2, 0) is 4.74 Å². The minimum Gasteiger partial charge on any atom is -0.397 e. The summed E-state index contributed by atoms with van der Waals surface area (Å²) in [6, 6.07) is 2.86. The largest absolute Gasteiger partial charge is 0.397 e. The monoisotopic (exact) mass is 318 g/mol. The Kier molecular flexibility index (Phi) is 4.09. The number of aliphatic hydroxyl groups excluding tert-OH is 1. The lowest BCUT2D eigenvalue weighted by molar-refractivity contribution is 0.0380. The first-order chi connectivity index (χ1) is 8.56. The number of nitrogens with two attached hydrogens (primary N) is 1. The van der Waals surface area contributed by atoms with E-state index >= 15 is 0 Å². The Labute approximate surface area is 113 Å². The Morgan fingerprint density at radius 3 is 2.72 bits per heavy atom. The van der Waals surface area contributed by atoms with Gasteiger partial charge < -0.3 is 20.9 Å². The summed E-state index contributed by atoms with van der Waals surface area (Å²) >= 11 is 3.08. The normalized spacial score (nSPS) is 18.6. The van der Waals surface area contributed by atoms with E-state index < -0.39 is 5.54 Å².